The van der Waals surface area contributed by atoms with Crippen LogP contribution in [0.5, 0.6) is 5.75 Å². The second kappa shape index (κ2) is 6.24. The van der Waals surface area contributed by atoms with E-state index in [9.17, 15) is 4.79 Å². The minimum absolute atomic E-state index is 0.348. The zero-order valence-corrected chi connectivity index (χ0v) is 13.3. The van der Waals surface area contributed by atoms with Crippen molar-refractivity contribution in [1.82, 2.24) is 10.1 Å². The van der Waals surface area contributed by atoms with Crippen molar-refractivity contribution in [3.05, 3.63) is 52.0 Å². The van der Waals surface area contributed by atoms with E-state index in [0.717, 1.165) is 23.8 Å². The number of ether oxygens (including phenoxy) is 1. The highest BCUT2D eigenvalue weighted by atomic mass is 16.5. The van der Waals surface area contributed by atoms with Crippen LogP contribution in [0, 0.1) is 6.92 Å². The van der Waals surface area contributed by atoms with Crippen molar-refractivity contribution >= 4 is 11.0 Å². The molecule has 0 saturated heterocycles. The second-order valence-corrected chi connectivity index (χ2v) is 5.44. The molecule has 0 spiro atoms. The molecular formula is C17H18N2O4. The summed E-state index contributed by atoms with van der Waals surface area (Å²) in [5, 5.41) is 4.68. The number of benzene rings is 1. The smallest absolute Gasteiger partial charge is 0.336 e. The SMILES string of the molecule is CCCc1cc(=O)oc2cc(O[C@H](C)c3nc(C)no3)ccc12. The fraction of sp³-hybridized carbons (Fsp3) is 0.353. The molecule has 0 radical (unpaired) electrons. The van der Waals surface area contributed by atoms with Crippen LogP contribution in [0.25, 0.3) is 11.0 Å². The monoisotopic (exact) mass is 314 g/mol. The van der Waals surface area contributed by atoms with Crippen LogP contribution >= 0.6 is 0 Å². The van der Waals surface area contributed by atoms with Gasteiger partial charge in [0.25, 0.3) is 5.89 Å². The highest BCUT2D eigenvalue weighted by Gasteiger charge is 2.15. The summed E-state index contributed by atoms with van der Waals surface area (Å²) >= 11 is 0. The zero-order chi connectivity index (χ0) is 16.4. The molecule has 1 atom stereocenters. The average Bonchev–Trinajstić information content (AvgIpc) is 2.94. The van der Waals surface area contributed by atoms with Gasteiger partial charge in [-0.2, -0.15) is 4.98 Å². The van der Waals surface area contributed by atoms with Crippen LogP contribution in [0.3, 0.4) is 0 Å². The van der Waals surface area contributed by atoms with Crippen LogP contribution in [0.4, 0.5) is 0 Å². The molecule has 0 aliphatic carbocycles. The van der Waals surface area contributed by atoms with Gasteiger partial charge < -0.3 is 13.7 Å². The first-order chi connectivity index (χ1) is 11.1. The zero-order valence-electron chi connectivity index (χ0n) is 13.3. The van der Waals surface area contributed by atoms with Gasteiger partial charge in [-0.3, -0.25) is 0 Å². The standard InChI is InChI=1S/C17H18N2O4/c1-4-5-12-8-16(20)22-15-9-13(6-7-14(12)15)21-10(2)17-18-11(3)19-23-17/h6-10H,4-5H2,1-3H3/t10-/m1/s1. The number of nitrogens with zero attached hydrogens (tertiary/aromatic N) is 2. The Balaban J connectivity index is 1.92. The van der Waals surface area contributed by atoms with Gasteiger partial charge >= 0.3 is 5.63 Å². The molecule has 2 heterocycles. The fourth-order valence-corrected chi connectivity index (χ4v) is 2.49. The molecule has 6 nitrogen and oxygen atoms in total. The summed E-state index contributed by atoms with van der Waals surface area (Å²) < 4.78 is 16.2. The summed E-state index contributed by atoms with van der Waals surface area (Å²) in [6, 6.07) is 7.03. The molecule has 0 aliphatic rings. The highest BCUT2D eigenvalue weighted by molar-refractivity contribution is 5.81. The summed E-state index contributed by atoms with van der Waals surface area (Å²) in [6.45, 7) is 5.65. The third-order valence-electron chi connectivity index (χ3n) is 3.52. The molecule has 1 aromatic carbocycles. The van der Waals surface area contributed by atoms with Crippen molar-refractivity contribution in [3.63, 3.8) is 0 Å². The van der Waals surface area contributed by atoms with E-state index >= 15 is 0 Å². The predicted octanol–water partition coefficient (Wildman–Crippen LogP) is 3.58. The number of fused-ring (bicyclic) bond motifs is 1. The first kappa shape index (κ1) is 15.3. The molecule has 120 valence electrons. The van der Waals surface area contributed by atoms with Crippen molar-refractivity contribution in [1.29, 1.82) is 0 Å². The summed E-state index contributed by atoms with van der Waals surface area (Å²) in [6.07, 6.45) is 1.41. The van der Waals surface area contributed by atoms with E-state index in [0.29, 0.717) is 23.0 Å². The van der Waals surface area contributed by atoms with Crippen molar-refractivity contribution in [3.8, 4) is 5.75 Å². The Morgan fingerprint density at radius 1 is 1.30 bits per heavy atom. The van der Waals surface area contributed by atoms with Crippen LogP contribution in [-0.2, 0) is 6.42 Å². The maximum atomic E-state index is 11.7. The van der Waals surface area contributed by atoms with Gasteiger partial charge in [0.05, 0.1) is 0 Å². The normalized spacial score (nSPS) is 12.5. The van der Waals surface area contributed by atoms with Gasteiger partial charge in [0, 0.05) is 17.5 Å². The van der Waals surface area contributed by atoms with Crippen molar-refractivity contribution in [2.75, 3.05) is 0 Å². The van der Waals surface area contributed by atoms with Gasteiger partial charge in [-0.1, -0.05) is 18.5 Å². The number of rotatable bonds is 5. The Kier molecular flexibility index (Phi) is 4.14. The lowest BCUT2D eigenvalue weighted by atomic mass is 10.1. The van der Waals surface area contributed by atoms with Crippen LogP contribution in [-0.4, -0.2) is 10.1 Å². The Morgan fingerprint density at radius 3 is 2.83 bits per heavy atom. The maximum absolute atomic E-state index is 11.7. The lowest BCUT2D eigenvalue weighted by molar-refractivity contribution is 0.175. The molecule has 6 heteroatoms. The largest absolute Gasteiger partial charge is 0.481 e. The van der Waals surface area contributed by atoms with Crippen LogP contribution in [0.1, 0.15) is 43.7 Å². The third kappa shape index (κ3) is 3.26. The van der Waals surface area contributed by atoms with E-state index in [-0.39, 0.29) is 11.7 Å². The molecule has 0 N–H and O–H groups in total. The van der Waals surface area contributed by atoms with Gasteiger partial charge in [-0.05, 0) is 38.0 Å². The van der Waals surface area contributed by atoms with E-state index in [1.165, 1.54) is 0 Å². The molecule has 3 rings (SSSR count). The van der Waals surface area contributed by atoms with E-state index < -0.39 is 0 Å². The average molecular weight is 314 g/mol. The fourth-order valence-electron chi connectivity index (χ4n) is 2.49. The maximum Gasteiger partial charge on any atom is 0.336 e. The Morgan fingerprint density at radius 2 is 2.13 bits per heavy atom. The van der Waals surface area contributed by atoms with Crippen LogP contribution < -0.4 is 10.4 Å². The minimum atomic E-state index is -0.390. The molecule has 0 unspecified atom stereocenters. The molecule has 0 saturated carbocycles. The minimum Gasteiger partial charge on any atom is -0.481 e. The lowest BCUT2D eigenvalue weighted by Crippen LogP contribution is -2.04. The Hall–Kier alpha value is -2.63. The Labute approximate surface area is 133 Å². The Bertz CT molecular complexity index is 882. The van der Waals surface area contributed by atoms with Crippen LogP contribution in [0.2, 0.25) is 0 Å². The number of hydrogen-bond donors (Lipinski definition) is 0. The first-order valence-electron chi connectivity index (χ1n) is 7.60. The predicted molar refractivity (Wildman–Crippen MR) is 84.6 cm³/mol. The number of aryl methyl sites for hydroxylation is 2. The van der Waals surface area contributed by atoms with Gasteiger partial charge in [0.2, 0.25) is 0 Å². The summed E-state index contributed by atoms with van der Waals surface area (Å²) in [4.78, 5) is 15.8. The van der Waals surface area contributed by atoms with Gasteiger partial charge in [0.15, 0.2) is 11.9 Å². The highest BCUT2D eigenvalue weighted by Crippen LogP contribution is 2.26. The van der Waals surface area contributed by atoms with E-state index in [4.69, 9.17) is 13.7 Å². The number of hydrogen-bond acceptors (Lipinski definition) is 6. The van der Waals surface area contributed by atoms with Crippen LogP contribution in [0.15, 0.2) is 38.0 Å². The van der Waals surface area contributed by atoms with Gasteiger partial charge in [-0.15, -0.1) is 0 Å². The second-order valence-electron chi connectivity index (χ2n) is 5.44. The molecule has 23 heavy (non-hydrogen) atoms. The summed E-state index contributed by atoms with van der Waals surface area (Å²) in [7, 11) is 0. The number of aromatic nitrogens is 2. The van der Waals surface area contributed by atoms with E-state index in [1.54, 1.807) is 19.1 Å². The molecule has 0 bridgehead atoms. The quantitative estimate of drug-likeness (QED) is 0.670. The molecule has 0 fully saturated rings. The van der Waals surface area contributed by atoms with E-state index in [2.05, 4.69) is 17.1 Å². The topological polar surface area (TPSA) is 78.4 Å². The van der Waals surface area contributed by atoms with Gasteiger partial charge in [0.1, 0.15) is 11.3 Å². The molecule has 2 aromatic heterocycles. The molecule has 3 aromatic rings. The molecule has 0 amide bonds. The first-order valence-corrected chi connectivity index (χ1v) is 7.60. The van der Waals surface area contributed by atoms with Crippen molar-refractivity contribution < 1.29 is 13.7 Å². The van der Waals surface area contributed by atoms with Crippen molar-refractivity contribution in [2.45, 2.75) is 39.7 Å². The van der Waals surface area contributed by atoms with E-state index in [1.807, 2.05) is 19.1 Å². The third-order valence-corrected chi connectivity index (χ3v) is 3.52. The molecule has 0 aliphatic heterocycles. The lowest BCUT2D eigenvalue weighted by Gasteiger charge is -2.11. The van der Waals surface area contributed by atoms with Gasteiger partial charge in [-0.25, -0.2) is 4.79 Å². The summed E-state index contributed by atoms with van der Waals surface area (Å²) in [5.41, 5.74) is 1.16. The van der Waals surface area contributed by atoms with Crippen molar-refractivity contribution in [2.24, 2.45) is 0 Å². The molecular weight excluding hydrogens is 296 g/mol. The summed E-state index contributed by atoms with van der Waals surface area (Å²) in [5.74, 6) is 1.55.